The Hall–Kier alpha value is -2.19. The molecule has 1 atom stereocenters. The van der Waals surface area contributed by atoms with Crippen LogP contribution in [0.25, 0.3) is 0 Å². The molecule has 1 aliphatic heterocycles. The number of rotatable bonds is 6. The number of benzene rings is 1. The molecule has 1 saturated heterocycles. The lowest BCUT2D eigenvalue weighted by Crippen LogP contribution is -2.45. The number of hydrogen-bond acceptors (Lipinski definition) is 7. The van der Waals surface area contributed by atoms with E-state index in [0.29, 0.717) is 17.8 Å². The molecule has 1 heterocycles. The molecule has 0 unspecified atom stereocenters. The number of nitrogens with zero attached hydrogens (tertiary/aromatic N) is 2. The van der Waals surface area contributed by atoms with Gasteiger partial charge in [0.1, 0.15) is 5.56 Å². The molecular weight excluding hydrogens is 314 g/mol. The molecule has 24 heavy (non-hydrogen) atoms. The molecule has 2 rings (SSSR count). The van der Waals surface area contributed by atoms with Crippen molar-refractivity contribution in [2.24, 2.45) is 0 Å². The Morgan fingerprint density at radius 1 is 1.46 bits per heavy atom. The SMILES string of the molecule is COC(=O)c1cc(NC[C@@H](C)N2CCOCC2)cc(C)c1[N+](=O)[O-]. The van der Waals surface area contributed by atoms with Crippen molar-refractivity contribution in [1.29, 1.82) is 0 Å². The molecule has 0 radical (unpaired) electrons. The van der Waals surface area contributed by atoms with Crippen molar-refractivity contribution in [3.63, 3.8) is 0 Å². The standard InChI is InChI=1S/C16H23N3O5/c1-11-8-13(9-14(16(20)23-3)15(11)19(21)22)17-10-12(2)18-4-6-24-7-5-18/h8-9,12,17H,4-7,10H2,1-3H3/t12-/m1/s1. The molecule has 1 N–H and O–H groups in total. The molecule has 0 amide bonds. The monoisotopic (exact) mass is 337 g/mol. The second-order valence-corrected chi connectivity index (χ2v) is 5.82. The van der Waals surface area contributed by atoms with E-state index in [-0.39, 0.29) is 17.3 Å². The molecule has 0 bridgehead atoms. The predicted molar refractivity (Wildman–Crippen MR) is 89.5 cm³/mol. The van der Waals surface area contributed by atoms with Gasteiger partial charge in [-0.25, -0.2) is 4.79 Å². The first-order valence-corrected chi connectivity index (χ1v) is 7.87. The number of methoxy groups -OCH3 is 1. The van der Waals surface area contributed by atoms with Gasteiger partial charge in [0.05, 0.1) is 25.2 Å². The first-order valence-electron chi connectivity index (χ1n) is 7.87. The summed E-state index contributed by atoms with van der Waals surface area (Å²) in [6.07, 6.45) is 0. The number of morpholine rings is 1. The fourth-order valence-corrected chi connectivity index (χ4v) is 2.80. The normalized spacial score (nSPS) is 16.5. The van der Waals surface area contributed by atoms with Crippen molar-refractivity contribution in [3.05, 3.63) is 33.4 Å². The van der Waals surface area contributed by atoms with Gasteiger partial charge in [-0.1, -0.05) is 0 Å². The summed E-state index contributed by atoms with van der Waals surface area (Å²) in [5, 5.41) is 14.5. The lowest BCUT2D eigenvalue weighted by molar-refractivity contribution is -0.385. The molecule has 1 aliphatic rings. The van der Waals surface area contributed by atoms with E-state index in [1.165, 1.54) is 13.2 Å². The zero-order valence-corrected chi connectivity index (χ0v) is 14.2. The van der Waals surface area contributed by atoms with Gasteiger partial charge in [0.15, 0.2) is 0 Å². The Balaban J connectivity index is 2.14. The average Bonchev–Trinajstić information content (AvgIpc) is 2.58. The quantitative estimate of drug-likeness (QED) is 0.481. The predicted octanol–water partition coefficient (Wildman–Crippen LogP) is 1.82. The van der Waals surface area contributed by atoms with Crippen molar-refractivity contribution >= 4 is 17.3 Å². The number of nitro benzene ring substituents is 1. The third-order valence-corrected chi connectivity index (χ3v) is 4.16. The van der Waals surface area contributed by atoms with Gasteiger partial charge in [-0.3, -0.25) is 15.0 Å². The van der Waals surface area contributed by atoms with Crippen LogP contribution < -0.4 is 5.32 Å². The van der Waals surface area contributed by atoms with E-state index in [9.17, 15) is 14.9 Å². The van der Waals surface area contributed by atoms with Gasteiger partial charge in [0.2, 0.25) is 0 Å². The molecule has 8 heteroatoms. The maximum atomic E-state index is 11.9. The van der Waals surface area contributed by atoms with Gasteiger partial charge in [0.25, 0.3) is 5.69 Å². The lowest BCUT2D eigenvalue weighted by atomic mass is 10.1. The molecule has 0 aromatic heterocycles. The van der Waals surface area contributed by atoms with Crippen molar-refractivity contribution in [2.75, 3.05) is 45.3 Å². The molecule has 0 aliphatic carbocycles. The number of anilines is 1. The smallest absolute Gasteiger partial charge is 0.344 e. The van der Waals surface area contributed by atoms with E-state index >= 15 is 0 Å². The summed E-state index contributed by atoms with van der Waals surface area (Å²) in [5.74, 6) is -0.713. The first-order chi connectivity index (χ1) is 11.4. The van der Waals surface area contributed by atoms with E-state index in [0.717, 1.165) is 26.3 Å². The maximum absolute atomic E-state index is 11.9. The van der Waals surface area contributed by atoms with Gasteiger partial charge in [-0.05, 0) is 26.0 Å². The minimum atomic E-state index is -0.713. The third kappa shape index (κ3) is 4.21. The molecule has 0 spiro atoms. The highest BCUT2D eigenvalue weighted by molar-refractivity contribution is 5.95. The highest BCUT2D eigenvalue weighted by Crippen LogP contribution is 2.28. The Bertz CT molecular complexity index is 614. The Morgan fingerprint density at radius 2 is 2.12 bits per heavy atom. The van der Waals surface area contributed by atoms with Crippen molar-refractivity contribution in [3.8, 4) is 0 Å². The number of carbonyl (C=O) groups excluding carboxylic acids is 1. The number of esters is 1. The van der Waals surface area contributed by atoms with Crippen LogP contribution in [-0.2, 0) is 9.47 Å². The molecule has 1 aromatic carbocycles. The zero-order valence-electron chi connectivity index (χ0n) is 14.2. The van der Waals surface area contributed by atoms with Gasteiger partial charge < -0.3 is 14.8 Å². The molecular formula is C16H23N3O5. The van der Waals surface area contributed by atoms with Gasteiger partial charge in [0, 0.05) is 36.9 Å². The van der Waals surface area contributed by atoms with Crippen LogP contribution in [0.3, 0.4) is 0 Å². The van der Waals surface area contributed by atoms with E-state index in [1.54, 1.807) is 13.0 Å². The molecule has 132 valence electrons. The first kappa shape index (κ1) is 18.2. The topological polar surface area (TPSA) is 93.9 Å². The second kappa shape index (κ2) is 8.07. The molecule has 1 fully saturated rings. The number of nitro groups is 1. The summed E-state index contributed by atoms with van der Waals surface area (Å²) in [5.41, 5.74) is 0.834. The summed E-state index contributed by atoms with van der Waals surface area (Å²) in [6.45, 7) is 7.61. The van der Waals surface area contributed by atoms with E-state index in [1.807, 2.05) is 0 Å². The van der Waals surface area contributed by atoms with Crippen molar-refractivity contribution < 1.29 is 19.2 Å². The Kier molecular flexibility index (Phi) is 6.10. The van der Waals surface area contributed by atoms with Crippen LogP contribution in [0.1, 0.15) is 22.8 Å². The summed E-state index contributed by atoms with van der Waals surface area (Å²) >= 11 is 0. The van der Waals surface area contributed by atoms with Crippen LogP contribution in [0.5, 0.6) is 0 Å². The molecule has 1 aromatic rings. The van der Waals surface area contributed by atoms with Crippen LogP contribution in [0.2, 0.25) is 0 Å². The van der Waals surface area contributed by atoms with Gasteiger partial charge >= 0.3 is 5.97 Å². The zero-order chi connectivity index (χ0) is 17.7. The largest absolute Gasteiger partial charge is 0.465 e. The summed E-state index contributed by atoms with van der Waals surface area (Å²) in [6, 6.07) is 3.44. The van der Waals surface area contributed by atoms with E-state index < -0.39 is 10.9 Å². The fraction of sp³-hybridized carbons (Fsp3) is 0.562. The maximum Gasteiger partial charge on any atom is 0.344 e. The summed E-state index contributed by atoms with van der Waals surface area (Å²) in [4.78, 5) is 24.8. The Morgan fingerprint density at radius 3 is 2.71 bits per heavy atom. The molecule has 8 nitrogen and oxygen atoms in total. The van der Waals surface area contributed by atoms with Crippen molar-refractivity contribution in [1.82, 2.24) is 4.90 Å². The summed E-state index contributed by atoms with van der Waals surface area (Å²) in [7, 11) is 1.21. The fourth-order valence-electron chi connectivity index (χ4n) is 2.80. The van der Waals surface area contributed by atoms with Crippen LogP contribution in [0.4, 0.5) is 11.4 Å². The van der Waals surface area contributed by atoms with Crippen LogP contribution in [0, 0.1) is 17.0 Å². The number of aryl methyl sites for hydroxylation is 1. The lowest BCUT2D eigenvalue weighted by Gasteiger charge is -2.32. The summed E-state index contributed by atoms with van der Waals surface area (Å²) < 4.78 is 10.0. The van der Waals surface area contributed by atoms with Crippen LogP contribution >= 0.6 is 0 Å². The van der Waals surface area contributed by atoms with Gasteiger partial charge in [-0.2, -0.15) is 0 Å². The van der Waals surface area contributed by atoms with E-state index in [2.05, 4.69) is 21.9 Å². The number of ether oxygens (including phenoxy) is 2. The molecule has 0 saturated carbocycles. The van der Waals surface area contributed by atoms with Crippen LogP contribution in [-0.4, -0.2) is 61.8 Å². The average molecular weight is 337 g/mol. The number of carbonyl (C=O) groups is 1. The Labute approximate surface area is 140 Å². The minimum Gasteiger partial charge on any atom is -0.465 e. The third-order valence-electron chi connectivity index (χ3n) is 4.16. The number of hydrogen-bond donors (Lipinski definition) is 1. The second-order valence-electron chi connectivity index (χ2n) is 5.82. The van der Waals surface area contributed by atoms with Crippen molar-refractivity contribution in [2.45, 2.75) is 19.9 Å². The highest BCUT2D eigenvalue weighted by Gasteiger charge is 2.25. The minimum absolute atomic E-state index is 0.0379. The van der Waals surface area contributed by atoms with E-state index in [4.69, 9.17) is 4.74 Å². The van der Waals surface area contributed by atoms with Gasteiger partial charge in [-0.15, -0.1) is 0 Å². The highest BCUT2D eigenvalue weighted by atomic mass is 16.6. The number of nitrogens with one attached hydrogen (secondary N) is 1. The van der Waals surface area contributed by atoms with Crippen LogP contribution in [0.15, 0.2) is 12.1 Å².